The van der Waals surface area contributed by atoms with E-state index in [1.807, 2.05) is 30.5 Å². The molecule has 0 aliphatic heterocycles. The Hall–Kier alpha value is -2.07. The normalized spacial score (nSPS) is 13.2. The van der Waals surface area contributed by atoms with Gasteiger partial charge in [0.15, 0.2) is 0 Å². The predicted octanol–water partition coefficient (Wildman–Crippen LogP) is 2.07. The minimum atomic E-state index is -0.940. The van der Waals surface area contributed by atoms with Crippen LogP contribution < -0.4 is 5.32 Å². The number of hydrogen-bond acceptors (Lipinski definition) is 2. The first-order chi connectivity index (χ1) is 8.22. The molecule has 0 aliphatic rings. The molecule has 0 amide bonds. The minimum Gasteiger partial charge on any atom is -0.478 e. The van der Waals surface area contributed by atoms with Crippen molar-refractivity contribution >= 4 is 16.9 Å². The van der Waals surface area contributed by atoms with Gasteiger partial charge in [-0.1, -0.05) is 24.3 Å². The first kappa shape index (κ1) is 11.4. The van der Waals surface area contributed by atoms with E-state index in [-0.39, 0.29) is 6.04 Å². The average Bonchev–Trinajstić information content (AvgIpc) is 2.74. The topological polar surface area (TPSA) is 65.1 Å². The molecule has 0 fully saturated rings. The van der Waals surface area contributed by atoms with Crippen LogP contribution in [0.5, 0.6) is 0 Å². The van der Waals surface area contributed by atoms with Crippen LogP contribution in [-0.4, -0.2) is 23.1 Å². The Labute approximate surface area is 99.0 Å². The van der Waals surface area contributed by atoms with Gasteiger partial charge < -0.3 is 15.4 Å². The van der Waals surface area contributed by atoms with Crippen molar-refractivity contribution < 1.29 is 9.90 Å². The fraction of sp³-hybridized carbons (Fsp3) is 0.154. The summed E-state index contributed by atoms with van der Waals surface area (Å²) in [6, 6.07) is 7.83. The maximum atomic E-state index is 10.5. The molecule has 17 heavy (non-hydrogen) atoms. The standard InChI is InChI=1S/C13H14N2O2/c1-14-11(6-7-13(16)17)10-8-15-12-5-3-2-4-9(10)12/h2-8,11,14-15H,1H3,(H,16,17)/b7-6+. The number of hydrogen-bond donors (Lipinski definition) is 3. The van der Waals surface area contributed by atoms with Gasteiger partial charge in [0.1, 0.15) is 0 Å². The van der Waals surface area contributed by atoms with Crippen molar-refractivity contribution in [1.82, 2.24) is 10.3 Å². The maximum absolute atomic E-state index is 10.5. The van der Waals surface area contributed by atoms with Crippen molar-refractivity contribution in [1.29, 1.82) is 0 Å². The average molecular weight is 230 g/mol. The molecule has 0 saturated heterocycles. The highest BCUT2D eigenvalue weighted by Gasteiger charge is 2.10. The summed E-state index contributed by atoms with van der Waals surface area (Å²) in [5.74, 6) is -0.940. The second-order valence-electron chi connectivity index (χ2n) is 3.75. The van der Waals surface area contributed by atoms with E-state index in [9.17, 15) is 4.79 Å². The zero-order valence-corrected chi connectivity index (χ0v) is 9.47. The summed E-state index contributed by atoms with van der Waals surface area (Å²) in [5, 5.41) is 12.8. The van der Waals surface area contributed by atoms with E-state index < -0.39 is 5.97 Å². The summed E-state index contributed by atoms with van der Waals surface area (Å²) < 4.78 is 0. The summed E-state index contributed by atoms with van der Waals surface area (Å²) in [5.41, 5.74) is 2.09. The van der Waals surface area contributed by atoms with Gasteiger partial charge in [-0.3, -0.25) is 0 Å². The molecule has 4 nitrogen and oxygen atoms in total. The Bertz CT molecular complexity index is 557. The van der Waals surface area contributed by atoms with Crippen LogP contribution in [-0.2, 0) is 4.79 Å². The quantitative estimate of drug-likeness (QED) is 0.704. The number of aliphatic carboxylic acids is 1. The Kier molecular flexibility index (Phi) is 3.25. The molecule has 0 saturated carbocycles. The molecule has 1 atom stereocenters. The molecular weight excluding hydrogens is 216 g/mol. The second kappa shape index (κ2) is 4.84. The molecule has 1 unspecified atom stereocenters. The van der Waals surface area contributed by atoms with E-state index >= 15 is 0 Å². The van der Waals surface area contributed by atoms with E-state index in [4.69, 9.17) is 5.11 Å². The van der Waals surface area contributed by atoms with Crippen LogP contribution >= 0.6 is 0 Å². The Morgan fingerprint density at radius 3 is 2.94 bits per heavy atom. The maximum Gasteiger partial charge on any atom is 0.328 e. The second-order valence-corrected chi connectivity index (χ2v) is 3.75. The number of para-hydroxylation sites is 1. The van der Waals surface area contributed by atoms with E-state index in [1.165, 1.54) is 0 Å². The van der Waals surface area contributed by atoms with Crippen molar-refractivity contribution in [3.05, 3.63) is 48.2 Å². The monoisotopic (exact) mass is 230 g/mol. The number of carboxylic acid groups (broad SMARTS) is 1. The minimum absolute atomic E-state index is 0.109. The van der Waals surface area contributed by atoms with Gasteiger partial charge in [0.05, 0.1) is 6.04 Å². The molecule has 0 aliphatic carbocycles. The number of benzene rings is 1. The summed E-state index contributed by atoms with van der Waals surface area (Å²) in [4.78, 5) is 13.7. The number of carboxylic acids is 1. The highest BCUT2D eigenvalue weighted by atomic mass is 16.4. The largest absolute Gasteiger partial charge is 0.478 e. The van der Waals surface area contributed by atoms with Crippen molar-refractivity contribution in [2.24, 2.45) is 0 Å². The van der Waals surface area contributed by atoms with Gasteiger partial charge in [-0.05, 0) is 18.7 Å². The van der Waals surface area contributed by atoms with Gasteiger partial charge in [-0.15, -0.1) is 0 Å². The van der Waals surface area contributed by atoms with E-state index in [0.717, 1.165) is 22.5 Å². The third-order valence-electron chi connectivity index (χ3n) is 2.70. The SMILES string of the molecule is CNC(/C=C/C(=O)O)c1c[nH]c2ccccc12. The fourth-order valence-electron chi connectivity index (χ4n) is 1.89. The third-order valence-corrected chi connectivity index (χ3v) is 2.70. The summed E-state index contributed by atoms with van der Waals surface area (Å²) in [6.45, 7) is 0. The predicted molar refractivity (Wildman–Crippen MR) is 66.9 cm³/mol. The molecule has 1 aromatic carbocycles. The first-order valence-corrected chi connectivity index (χ1v) is 5.37. The summed E-state index contributed by atoms with van der Waals surface area (Å²) in [7, 11) is 1.80. The van der Waals surface area contributed by atoms with Crippen LogP contribution in [0.25, 0.3) is 10.9 Å². The number of rotatable bonds is 4. The van der Waals surface area contributed by atoms with Gasteiger partial charge in [-0.25, -0.2) is 4.79 Å². The van der Waals surface area contributed by atoms with Crippen molar-refractivity contribution in [3.63, 3.8) is 0 Å². The van der Waals surface area contributed by atoms with Gasteiger partial charge >= 0.3 is 5.97 Å². The number of carbonyl (C=O) groups is 1. The molecule has 2 aromatic rings. The Morgan fingerprint density at radius 2 is 2.24 bits per heavy atom. The van der Waals surface area contributed by atoms with Gasteiger partial charge in [0.25, 0.3) is 0 Å². The van der Waals surface area contributed by atoms with Crippen molar-refractivity contribution in [2.75, 3.05) is 7.05 Å². The molecule has 3 N–H and O–H groups in total. The van der Waals surface area contributed by atoms with Gasteiger partial charge in [0.2, 0.25) is 0 Å². The van der Waals surface area contributed by atoms with E-state index in [0.29, 0.717) is 0 Å². The molecule has 88 valence electrons. The number of H-pyrrole nitrogens is 1. The summed E-state index contributed by atoms with van der Waals surface area (Å²) in [6.07, 6.45) is 4.69. The smallest absolute Gasteiger partial charge is 0.328 e. The Morgan fingerprint density at radius 1 is 1.47 bits per heavy atom. The van der Waals surface area contributed by atoms with Crippen LogP contribution in [0.1, 0.15) is 11.6 Å². The molecule has 2 rings (SSSR count). The zero-order valence-electron chi connectivity index (χ0n) is 9.47. The molecular formula is C13H14N2O2. The van der Waals surface area contributed by atoms with Crippen LogP contribution in [0.2, 0.25) is 0 Å². The van der Waals surface area contributed by atoms with Crippen LogP contribution in [0.15, 0.2) is 42.6 Å². The third kappa shape index (κ3) is 2.37. The molecule has 0 bridgehead atoms. The molecule has 0 spiro atoms. The van der Waals surface area contributed by atoms with E-state index in [2.05, 4.69) is 10.3 Å². The number of likely N-dealkylation sites (N-methyl/N-ethyl adjacent to an activating group) is 1. The number of aromatic nitrogens is 1. The number of nitrogens with one attached hydrogen (secondary N) is 2. The molecule has 0 radical (unpaired) electrons. The molecule has 1 aromatic heterocycles. The zero-order chi connectivity index (χ0) is 12.3. The first-order valence-electron chi connectivity index (χ1n) is 5.37. The fourth-order valence-corrected chi connectivity index (χ4v) is 1.89. The van der Waals surface area contributed by atoms with Gasteiger partial charge in [0, 0.05) is 23.2 Å². The van der Waals surface area contributed by atoms with Crippen LogP contribution in [0.4, 0.5) is 0 Å². The summed E-state index contributed by atoms with van der Waals surface area (Å²) >= 11 is 0. The van der Waals surface area contributed by atoms with Gasteiger partial charge in [-0.2, -0.15) is 0 Å². The Balaban J connectivity index is 2.40. The van der Waals surface area contributed by atoms with Crippen molar-refractivity contribution in [2.45, 2.75) is 6.04 Å². The van der Waals surface area contributed by atoms with E-state index in [1.54, 1.807) is 13.1 Å². The number of fused-ring (bicyclic) bond motifs is 1. The lowest BCUT2D eigenvalue weighted by Gasteiger charge is -2.10. The highest BCUT2D eigenvalue weighted by molar-refractivity contribution is 5.84. The molecule has 1 heterocycles. The molecule has 4 heteroatoms. The lowest BCUT2D eigenvalue weighted by atomic mass is 10.1. The lowest BCUT2D eigenvalue weighted by Crippen LogP contribution is -2.13. The van der Waals surface area contributed by atoms with Crippen molar-refractivity contribution in [3.8, 4) is 0 Å². The van der Waals surface area contributed by atoms with Crippen LogP contribution in [0.3, 0.4) is 0 Å². The number of aromatic amines is 1. The lowest BCUT2D eigenvalue weighted by molar-refractivity contribution is -0.131. The highest BCUT2D eigenvalue weighted by Crippen LogP contribution is 2.24. The van der Waals surface area contributed by atoms with Crippen LogP contribution in [0, 0.1) is 0 Å².